The van der Waals surface area contributed by atoms with Gasteiger partial charge in [0, 0.05) is 22.9 Å². The Kier molecular flexibility index (Phi) is 4.38. The maximum atomic E-state index is 6.11. The van der Waals surface area contributed by atoms with Gasteiger partial charge in [-0.3, -0.25) is 0 Å². The average Bonchev–Trinajstić information content (AvgIpc) is 2.30. The van der Waals surface area contributed by atoms with Crippen LogP contribution in [0.4, 0.5) is 5.69 Å². The second-order valence-electron chi connectivity index (χ2n) is 3.96. The monoisotopic (exact) mass is 257 g/mol. The minimum Gasteiger partial charge on any atom is -0.398 e. The quantitative estimate of drug-likeness (QED) is 0.664. The van der Waals surface area contributed by atoms with Gasteiger partial charge in [0.1, 0.15) is 0 Å². The normalized spacial score (nSPS) is 20.9. The van der Waals surface area contributed by atoms with Gasteiger partial charge in [0.25, 0.3) is 0 Å². The van der Waals surface area contributed by atoms with Crippen LogP contribution in [0.5, 0.6) is 0 Å². The number of hydrogen-bond acceptors (Lipinski definition) is 3. The Morgan fingerprint density at radius 1 is 1.44 bits per heavy atom. The summed E-state index contributed by atoms with van der Waals surface area (Å²) in [6, 6.07) is 5.64. The first-order valence-corrected chi connectivity index (χ1v) is 6.92. The number of ether oxygens (including phenoxy) is 1. The van der Waals surface area contributed by atoms with Crippen LogP contribution in [0.3, 0.4) is 0 Å². The third-order valence-electron chi connectivity index (χ3n) is 2.68. The van der Waals surface area contributed by atoms with Crippen molar-refractivity contribution in [3.8, 4) is 0 Å². The zero-order valence-corrected chi connectivity index (χ0v) is 10.7. The lowest BCUT2D eigenvalue weighted by Crippen LogP contribution is -2.21. The van der Waals surface area contributed by atoms with E-state index in [1.54, 1.807) is 11.8 Å². The predicted molar refractivity (Wildman–Crippen MR) is 70.2 cm³/mol. The Bertz CT molecular complexity index is 333. The number of hydrogen-bond donors (Lipinski definition) is 1. The molecule has 0 aliphatic carbocycles. The van der Waals surface area contributed by atoms with Crippen LogP contribution >= 0.6 is 23.4 Å². The molecule has 1 aromatic rings. The number of nitrogen functional groups attached to an aromatic ring is 1. The highest BCUT2D eigenvalue weighted by atomic mass is 35.5. The number of benzene rings is 1. The summed E-state index contributed by atoms with van der Waals surface area (Å²) >= 11 is 7.80. The van der Waals surface area contributed by atoms with Crippen LogP contribution in [0.1, 0.15) is 19.3 Å². The molecule has 1 heterocycles. The van der Waals surface area contributed by atoms with Gasteiger partial charge in [-0.1, -0.05) is 17.7 Å². The van der Waals surface area contributed by atoms with Crippen molar-refractivity contribution in [2.45, 2.75) is 30.3 Å². The Hall–Kier alpha value is -0.380. The largest absolute Gasteiger partial charge is 0.398 e. The summed E-state index contributed by atoms with van der Waals surface area (Å²) in [5, 5.41) is 0.737. The van der Waals surface area contributed by atoms with Crippen molar-refractivity contribution in [3.05, 3.63) is 23.2 Å². The minimum absolute atomic E-state index is 0.356. The van der Waals surface area contributed by atoms with Crippen LogP contribution < -0.4 is 5.73 Å². The first kappa shape index (κ1) is 12.1. The number of thioether (sulfide) groups is 1. The number of nitrogens with two attached hydrogens (primary N) is 1. The summed E-state index contributed by atoms with van der Waals surface area (Å²) in [6.45, 7) is 0.892. The van der Waals surface area contributed by atoms with Gasteiger partial charge in [-0.15, -0.1) is 11.8 Å². The summed E-state index contributed by atoms with van der Waals surface area (Å²) in [5.41, 5.74) is 6.65. The molecule has 1 fully saturated rings. The average molecular weight is 258 g/mol. The van der Waals surface area contributed by atoms with Gasteiger partial charge in [-0.25, -0.2) is 0 Å². The van der Waals surface area contributed by atoms with Gasteiger partial charge in [-0.05, 0) is 31.4 Å². The van der Waals surface area contributed by atoms with Crippen LogP contribution in [0.15, 0.2) is 23.1 Å². The van der Waals surface area contributed by atoms with Gasteiger partial charge < -0.3 is 10.5 Å². The number of halogens is 1. The molecule has 88 valence electrons. The van der Waals surface area contributed by atoms with Crippen LogP contribution in [-0.2, 0) is 4.74 Å². The maximum absolute atomic E-state index is 6.11. The first-order chi connectivity index (χ1) is 7.77. The van der Waals surface area contributed by atoms with Crippen molar-refractivity contribution in [2.24, 2.45) is 0 Å². The van der Waals surface area contributed by atoms with Crippen LogP contribution in [-0.4, -0.2) is 18.5 Å². The van der Waals surface area contributed by atoms with E-state index in [1.807, 2.05) is 18.2 Å². The molecule has 2 nitrogen and oxygen atoms in total. The summed E-state index contributed by atoms with van der Waals surface area (Å²) in [7, 11) is 0. The molecule has 0 spiro atoms. The molecule has 1 atom stereocenters. The lowest BCUT2D eigenvalue weighted by molar-refractivity contribution is 0.0315. The summed E-state index contributed by atoms with van der Waals surface area (Å²) in [4.78, 5) is 0.985. The fraction of sp³-hybridized carbons (Fsp3) is 0.500. The van der Waals surface area contributed by atoms with E-state index < -0.39 is 0 Å². The van der Waals surface area contributed by atoms with E-state index in [4.69, 9.17) is 22.1 Å². The van der Waals surface area contributed by atoms with E-state index in [0.29, 0.717) is 6.10 Å². The Balaban J connectivity index is 1.93. The molecule has 0 aromatic heterocycles. The van der Waals surface area contributed by atoms with Gasteiger partial charge >= 0.3 is 0 Å². The Labute approximate surface area is 105 Å². The van der Waals surface area contributed by atoms with Gasteiger partial charge in [0.05, 0.1) is 11.1 Å². The third kappa shape index (κ3) is 3.06. The second-order valence-corrected chi connectivity index (χ2v) is 5.40. The molecular formula is C12H16ClNOS. The molecular weight excluding hydrogens is 242 g/mol. The predicted octanol–water partition coefficient (Wildman–Crippen LogP) is 3.58. The first-order valence-electron chi connectivity index (χ1n) is 5.56. The standard InChI is InChI=1S/C12H16ClNOS/c13-10-5-3-6-11(14)12(10)16-8-9-4-1-2-7-15-9/h3,5-6,9H,1-2,4,7-8,14H2. The Morgan fingerprint density at radius 2 is 2.31 bits per heavy atom. The molecule has 0 amide bonds. The second kappa shape index (κ2) is 5.80. The lowest BCUT2D eigenvalue weighted by Gasteiger charge is -2.22. The van der Waals surface area contributed by atoms with E-state index in [9.17, 15) is 0 Å². The van der Waals surface area contributed by atoms with E-state index in [2.05, 4.69) is 0 Å². The zero-order valence-electron chi connectivity index (χ0n) is 9.12. The van der Waals surface area contributed by atoms with Crippen molar-refractivity contribution in [1.82, 2.24) is 0 Å². The highest BCUT2D eigenvalue weighted by Crippen LogP contribution is 2.33. The van der Waals surface area contributed by atoms with E-state index in [1.165, 1.54) is 12.8 Å². The van der Waals surface area contributed by atoms with Crippen LogP contribution in [0.2, 0.25) is 5.02 Å². The topological polar surface area (TPSA) is 35.2 Å². The summed E-state index contributed by atoms with van der Waals surface area (Å²) in [6.07, 6.45) is 3.96. The minimum atomic E-state index is 0.356. The number of rotatable bonds is 3. The van der Waals surface area contributed by atoms with Gasteiger partial charge in [-0.2, -0.15) is 0 Å². The molecule has 0 bridgehead atoms. The van der Waals surface area contributed by atoms with Gasteiger partial charge in [0.2, 0.25) is 0 Å². The fourth-order valence-corrected chi connectivity index (χ4v) is 3.19. The van der Waals surface area contributed by atoms with Crippen molar-refractivity contribution in [2.75, 3.05) is 18.1 Å². The van der Waals surface area contributed by atoms with Crippen molar-refractivity contribution in [1.29, 1.82) is 0 Å². The molecule has 1 unspecified atom stereocenters. The molecule has 1 aromatic carbocycles. The molecule has 2 rings (SSSR count). The third-order valence-corrected chi connectivity index (χ3v) is 4.39. The van der Waals surface area contributed by atoms with E-state index in [-0.39, 0.29) is 0 Å². The van der Waals surface area contributed by atoms with E-state index in [0.717, 1.165) is 34.4 Å². The smallest absolute Gasteiger partial charge is 0.0669 e. The van der Waals surface area contributed by atoms with Gasteiger partial charge in [0.15, 0.2) is 0 Å². The SMILES string of the molecule is Nc1cccc(Cl)c1SCC1CCCCO1. The van der Waals surface area contributed by atoms with Crippen molar-refractivity contribution in [3.63, 3.8) is 0 Å². The zero-order chi connectivity index (χ0) is 11.4. The summed E-state index contributed by atoms with van der Waals surface area (Å²) < 4.78 is 5.67. The molecule has 16 heavy (non-hydrogen) atoms. The molecule has 4 heteroatoms. The highest BCUT2D eigenvalue weighted by molar-refractivity contribution is 7.99. The van der Waals surface area contributed by atoms with Crippen molar-refractivity contribution >= 4 is 29.1 Å². The highest BCUT2D eigenvalue weighted by Gasteiger charge is 2.15. The summed E-state index contributed by atoms with van der Waals surface area (Å²) in [5.74, 6) is 0.938. The molecule has 1 aliphatic heterocycles. The maximum Gasteiger partial charge on any atom is 0.0669 e. The molecule has 1 saturated heterocycles. The van der Waals surface area contributed by atoms with E-state index >= 15 is 0 Å². The van der Waals surface area contributed by atoms with Crippen LogP contribution in [0.25, 0.3) is 0 Å². The fourth-order valence-electron chi connectivity index (χ4n) is 1.79. The molecule has 1 aliphatic rings. The molecule has 2 N–H and O–H groups in total. The molecule has 0 saturated carbocycles. The van der Waals surface area contributed by atoms with Crippen LogP contribution in [0, 0.1) is 0 Å². The lowest BCUT2D eigenvalue weighted by atomic mass is 10.1. The van der Waals surface area contributed by atoms with Crippen molar-refractivity contribution < 1.29 is 4.74 Å². The Morgan fingerprint density at radius 3 is 3.00 bits per heavy atom. The number of anilines is 1. The molecule has 0 radical (unpaired) electrons.